The molecule has 1 amide bonds. The summed E-state index contributed by atoms with van der Waals surface area (Å²) in [7, 11) is 1.65. The van der Waals surface area contributed by atoms with Crippen molar-refractivity contribution in [3.63, 3.8) is 0 Å². The third-order valence-electron chi connectivity index (χ3n) is 3.60. The van der Waals surface area contributed by atoms with Crippen LogP contribution in [0.2, 0.25) is 0 Å². The first kappa shape index (κ1) is 14.0. The molecule has 0 heterocycles. The van der Waals surface area contributed by atoms with Crippen LogP contribution in [0.4, 0.5) is 0 Å². The van der Waals surface area contributed by atoms with E-state index in [2.05, 4.69) is 17.4 Å². The summed E-state index contributed by atoms with van der Waals surface area (Å²) in [6, 6.07) is 8.09. The molecular formula is C15H22N2O2. The monoisotopic (exact) mass is 262 g/mol. The highest BCUT2D eigenvalue weighted by molar-refractivity contribution is 5.81. The van der Waals surface area contributed by atoms with Crippen molar-refractivity contribution in [1.29, 1.82) is 0 Å². The van der Waals surface area contributed by atoms with Crippen LogP contribution in [0.5, 0.6) is 0 Å². The van der Waals surface area contributed by atoms with Crippen molar-refractivity contribution in [3.8, 4) is 0 Å². The molecule has 0 saturated heterocycles. The van der Waals surface area contributed by atoms with Crippen molar-refractivity contribution in [2.75, 3.05) is 13.7 Å². The number of fused-ring (bicyclic) bond motifs is 1. The molecular weight excluding hydrogens is 240 g/mol. The van der Waals surface area contributed by atoms with Crippen LogP contribution in [0.15, 0.2) is 24.3 Å². The SMILES string of the molecule is COCCCC(N)C(=O)NC1Cc2ccccc2C1. The highest BCUT2D eigenvalue weighted by Gasteiger charge is 2.24. The summed E-state index contributed by atoms with van der Waals surface area (Å²) in [5.74, 6) is -0.0473. The van der Waals surface area contributed by atoms with Gasteiger partial charge in [0.1, 0.15) is 0 Å². The van der Waals surface area contributed by atoms with Crippen LogP contribution < -0.4 is 11.1 Å². The molecule has 1 aliphatic rings. The van der Waals surface area contributed by atoms with E-state index in [0.29, 0.717) is 13.0 Å². The van der Waals surface area contributed by atoms with Gasteiger partial charge in [0.15, 0.2) is 0 Å². The lowest BCUT2D eigenvalue weighted by atomic mass is 10.1. The minimum absolute atomic E-state index is 0.0473. The van der Waals surface area contributed by atoms with Crippen molar-refractivity contribution >= 4 is 5.91 Å². The van der Waals surface area contributed by atoms with Gasteiger partial charge in [0.05, 0.1) is 6.04 Å². The molecule has 1 unspecified atom stereocenters. The number of rotatable bonds is 6. The van der Waals surface area contributed by atoms with E-state index in [0.717, 1.165) is 19.3 Å². The second-order valence-electron chi connectivity index (χ2n) is 5.12. The minimum Gasteiger partial charge on any atom is -0.385 e. The molecule has 104 valence electrons. The fraction of sp³-hybridized carbons (Fsp3) is 0.533. The summed E-state index contributed by atoms with van der Waals surface area (Å²) >= 11 is 0. The standard InChI is InChI=1S/C15H22N2O2/c1-19-8-4-7-14(16)15(18)17-13-9-11-5-2-3-6-12(11)10-13/h2-3,5-6,13-14H,4,7-10,16H2,1H3,(H,17,18). The molecule has 1 aliphatic carbocycles. The molecule has 0 aliphatic heterocycles. The number of methoxy groups -OCH3 is 1. The number of ether oxygens (including phenoxy) is 1. The topological polar surface area (TPSA) is 64.3 Å². The van der Waals surface area contributed by atoms with Crippen molar-refractivity contribution < 1.29 is 9.53 Å². The van der Waals surface area contributed by atoms with E-state index < -0.39 is 6.04 Å². The maximum absolute atomic E-state index is 12.0. The Morgan fingerprint density at radius 3 is 2.63 bits per heavy atom. The van der Waals surface area contributed by atoms with Crippen LogP contribution >= 0.6 is 0 Å². The van der Waals surface area contributed by atoms with Gasteiger partial charge in [0.2, 0.25) is 5.91 Å². The maximum atomic E-state index is 12.0. The van der Waals surface area contributed by atoms with Gasteiger partial charge in [-0.25, -0.2) is 0 Å². The van der Waals surface area contributed by atoms with Crippen LogP contribution in [0.3, 0.4) is 0 Å². The molecule has 2 rings (SSSR count). The summed E-state index contributed by atoms with van der Waals surface area (Å²) in [5, 5.41) is 3.05. The summed E-state index contributed by atoms with van der Waals surface area (Å²) in [6.45, 7) is 0.649. The molecule has 0 aromatic heterocycles. The van der Waals surface area contributed by atoms with Gasteiger partial charge < -0.3 is 15.8 Å². The molecule has 0 radical (unpaired) electrons. The minimum atomic E-state index is -0.432. The van der Waals surface area contributed by atoms with Gasteiger partial charge in [0.25, 0.3) is 0 Å². The lowest BCUT2D eigenvalue weighted by molar-refractivity contribution is -0.123. The number of nitrogens with one attached hydrogen (secondary N) is 1. The van der Waals surface area contributed by atoms with Crippen molar-refractivity contribution in [2.24, 2.45) is 5.73 Å². The average molecular weight is 262 g/mol. The van der Waals surface area contributed by atoms with Crippen LogP contribution in [-0.2, 0) is 22.4 Å². The number of amides is 1. The van der Waals surface area contributed by atoms with E-state index in [1.165, 1.54) is 11.1 Å². The third-order valence-corrected chi connectivity index (χ3v) is 3.60. The first-order valence-corrected chi connectivity index (χ1v) is 6.82. The Kier molecular flexibility index (Phi) is 4.93. The second kappa shape index (κ2) is 6.68. The lowest BCUT2D eigenvalue weighted by Crippen LogP contribution is -2.45. The number of carbonyl (C=O) groups excluding carboxylic acids is 1. The zero-order valence-corrected chi connectivity index (χ0v) is 11.4. The Hall–Kier alpha value is -1.39. The van der Waals surface area contributed by atoms with Crippen LogP contribution in [0, 0.1) is 0 Å². The third kappa shape index (κ3) is 3.78. The molecule has 0 saturated carbocycles. The smallest absolute Gasteiger partial charge is 0.237 e. The fourth-order valence-corrected chi connectivity index (χ4v) is 2.55. The molecule has 1 aromatic carbocycles. The molecule has 4 heteroatoms. The summed E-state index contributed by atoms with van der Waals surface area (Å²) in [6.07, 6.45) is 3.30. The Bertz CT molecular complexity index is 409. The van der Waals surface area contributed by atoms with Crippen LogP contribution in [-0.4, -0.2) is 31.7 Å². The summed E-state index contributed by atoms with van der Waals surface area (Å²) in [5.41, 5.74) is 8.54. The van der Waals surface area contributed by atoms with Gasteiger partial charge in [-0.15, -0.1) is 0 Å². The molecule has 0 bridgehead atoms. The van der Waals surface area contributed by atoms with Crippen molar-refractivity contribution in [1.82, 2.24) is 5.32 Å². The predicted octanol–water partition coefficient (Wildman–Crippen LogP) is 1.02. The summed E-state index contributed by atoms with van der Waals surface area (Å²) < 4.78 is 4.96. The van der Waals surface area contributed by atoms with Crippen molar-refractivity contribution in [3.05, 3.63) is 35.4 Å². The molecule has 1 aromatic rings. The first-order chi connectivity index (χ1) is 9.20. The normalized spacial score (nSPS) is 16.1. The van der Waals surface area contributed by atoms with Gasteiger partial charge in [-0.05, 0) is 36.8 Å². The van der Waals surface area contributed by atoms with E-state index >= 15 is 0 Å². The van der Waals surface area contributed by atoms with Gasteiger partial charge >= 0.3 is 0 Å². The van der Waals surface area contributed by atoms with Gasteiger partial charge in [-0.3, -0.25) is 4.79 Å². The van der Waals surface area contributed by atoms with E-state index in [1.54, 1.807) is 7.11 Å². The second-order valence-corrected chi connectivity index (χ2v) is 5.12. The predicted molar refractivity (Wildman–Crippen MR) is 74.9 cm³/mol. The van der Waals surface area contributed by atoms with Crippen LogP contribution in [0.25, 0.3) is 0 Å². The highest BCUT2D eigenvalue weighted by Crippen LogP contribution is 2.21. The van der Waals surface area contributed by atoms with E-state index in [-0.39, 0.29) is 11.9 Å². The van der Waals surface area contributed by atoms with Gasteiger partial charge in [0, 0.05) is 19.8 Å². The average Bonchev–Trinajstić information content (AvgIpc) is 2.80. The zero-order valence-electron chi connectivity index (χ0n) is 11.4. The lowest BCUT2D eigenvalue weighted by Gasteiger charge is -2.16. The van der Waals surface area contributed by atoms with Gasteiger partial charge in [-0.1, -0.05) is 24.3 Å². The van der Waals surface area contributed by atoms with E-state index in [9.17, 15) is 4.79 Å². The number of nitrogens with two attached hydrogens (primary N) is 1. The van der Waals surface area contributed by atoms with E-state index in [1.807, 2.05) is 12.1 Å². The number of carbonyl (C=O) groups is 1. The molecule has 19 heavy (non-hydrogen) atoms. The van der Waals surface area contributed by atoms with Gasteiger partial charge in [-0.2, -0.15) is 0 Å². The molecule has 3 N–H and O–H groups in total. The Morgan fingerprint density at radius 1 is 1.42 bits per heavy atom. The number of hydrogen-bond acceptors (Lipinski definition) is 3. The Balaban J connectivity index is 1.78. The number of benzene rings is 1. The summed E-state index contributed by atoms with van der Waals surface area (Å²) in [4.78, 5) is 12.0. The first-order valence-electron chi connectivity index (χ1n) is 6.82. The Morgan fingerprint density at radius 2 is 2.05 bits per heavy atom. The fourth-order valence-electron chi connectivity index (χ4n) is 2.55. The number of hydrogen-bond donors (Lipinski definition) is 2. The largest absolute Gasteiger partial charge is 0.385 e. The quantitative estimate of drug-likeness (QED) is 0.752. The Labute approximate surface area is 114 Å². The molecule has 1 atom stereocenters. The zero-order chi connectivity index (χ0) is 13.7. The molecule has 4 nitrogen and oxygen atoms in total. The van der Waals surface area contributed by atoms with Crippen LogP contribution in [0.1, 0.15) is 24.0 Å². The molecule has 0 fully saturated rings. The maximum Gasteiger partial charge on any atom is 0.237 e. The van der Waals surface area contributed by atoms with Crippen molar-refractivity contribution in [2.45, 2.75) is 37.8 Å². The highest BCUT2D eigenvalue weighted by atomic mass is 16.5. The molecule has 0 spiro atoms. The van der Waals surface area contributed by atoms with E-state index in [4.69, 9.17) is 10.5 Å².